The first-order valence-corrected chi connectivity index (χ1v) is 4.86. The number of allylic oxidation sites excluding steroid dienone is 2. The minimum Gasteiger partial charge on any atom is -0.204 e. The first-order valence-electron chi connectivity index (χ1n) is 4.33. The van der Waals surface area contributed by atoms with Crippen molar-refractivity contribution in [1.82, 2.24) is 0 Å². The average molecular weight is 217 g/mol. The van der Waals surface area contributed by atoms with Crippen LogP contribution in [0.1, 0.15) is 18.9 Å². The molecule has 1 aromatic rings. The van der Waals surface area contributed by atoms with Crippen LogP contribution in [-0.4, -0.2) is 5.88 Å². The summed E-state index contributed by atoms with van der Waals surface area (Å²) in [4.78, 5) is 0. The van der Waals surface area contributed by atoms with Crippen molar-refractivity contribution in [2.45, 2.75) is 13.3 Å². The smallest absolute Gasteiger partial charge is 0.159 e. The SMILES string of the molecule is CC(=CCCCl)c1ccc(F)c(F)c1. The van der Waals surface area contributed by atoms with Crippen LogP contribution >= 0.6 is 11.6 Å². The number of alkyl halides is 1. The fourth-order valence-corrected chi connectivity index (χ4v) is 1.24. The maximum atomic E-state index is 12.8. The summed E-state index contributed by atoms with van der Waals surface area (Å²) in [6.45, 7) is 1.85. The van der Waals surface area contributed by atoms with Gasteiger partial charge in [0.1, 0.15) is 0 Å². The Kier molecular flexibility index (Phi) is 4.08. The Hall–Kier alpha value is -0.890. The molecule has 14 heavy (non-hydrogen) atoms. The molecule has 0 atom stereocenters. The number of hydrogen-bond donors (Lipinski definition) is 0. The monoisotopic (exact) mass is 216 g/mol. The molecule has 0 bridgehead atoms. The van der Waals surface area contributed by atoms with E-state index in [0.717, 1.165) is 18.1 Å². The molecule has 0 aromatic heterocycles. The number of hydrogen-bond acceptors (Lipinski definition) is 0. The molecule has 0 N–H and O–H groups in total. The van der Waals surface area contributed by atoms with Gasteiger partial charge in [-0.3, -0.25) is 0 Å². The van der Waals surface area contributed by atoms with Crippen molar-refractivity contribution in [3.05, 3.63) is 41.5 Å². The number of halogens is 3. The highest BCUT2D eigenvalue weighted by molar-refractivity contribution is 6.17. The summed E-state index contributed by atoms with van der Waals surface area (Å²) in [7, 11) is 0. The van der Waals surface area contributed by atoms with Crippen LogP contribution in [0.3, 0.4) is 0 Å². The van der Waals surface area contributed by atoms with Gasteiger partial charge in [0.25, 0.3) is 0 Å². The quantitative estimate of drug-likeness (QED) is 0.670. The molecule has 0 aliphatic rings. The van der Waals surface area contributed by atoms with Gasteiger partial charge in [0.15, 0.2) is 11.6 Å². The lowest BCUT2D eigenvalue weighted by Crippen LogP contribution is -1.87. The van der Waals surface area contributed by atoms with Crippen LogP contribution in [-0.2, 0) is 0 Å². The highest BCUT2D eigenvalue weighted by Gasteiger charge is 2.02. The van der Waals surface area contributed by atoms with Crippen molar-refractivity contribution < 1.29 is 8.78 Å². The molecule has 3 heteroatoms. The molecular formula is C11H11ClF2. The summed E-state index contributed by atoms with van der Waals surface area (Å²) in [5, 5.41) is 0. The molecule has 76 valence electrons. The summed E-state index contributed by atoms with van der Waals surface area (Å²) in [5.41, 5.74) is 1.60. The Morgan fingerprint density at radius 3 is 2.64 bits per heavy atom. The summed E-state index contributed by atoms with van der Waals surface area (Å²) in [5.74, 6) is -1.11. The molecule has 0 unspecified atom stereocenters. The summed E-state index contributed by atoms with van der Waals surface area (Å²) in [6, 6.07) is 3.87. The van der Waals surface area contributed by atoms with Gasteiger partial charge in [-0.1, -0.05) is 12.1 Å². The minimum absolute atomic E-state index is 0.529. The maximum absolute atomic E-state index is 12.8. The average Bonchev–Trinajstić information content (AvgIpc) is 2.18. The molecule has 0 amide bonds. The third kappa shape index (κ3) is 2.81. The summed E-state index contributed by atoms with van der Waals surface area (Å²) in [6.07, 6.45) is 2.63. The van der Waals surface area contributed by atoms with Crippen LogP contribution in [0, 0.1) is 11.6 Å². The van der Waals surface area contributed by atoms with Crippen LogP contribution in [0.2, 0.25) is 0 Å². The molecule has 0 radical (unpaired) electrons. The highest BCUT2D eigenvalue weighted by Crippen LogP contribution is 2.17. The van der Waals surface area contributed by atoms with Gasteiger partial charge in [-0.2, -0.15) is 0 Å². The van der Waals surface area contributed by atoms with E-state index in [1.807, 2.05) is 13.0 Å². The van der Waals surface area contributed by atoms with E-state index in [1.165, 1.54) is 6.07 Å². The second-order valence-electron chi connectivity index (χ2n) is 2.99. The topological polar surface area (TPSA) is 0 Å². The maximum Gasteiger partial charge on any atom is 0.159 e. The Morgan fingerprint density at radius 1 is 1.36 bits per heavy atom. The van der Waals surface area contributed by atoms with E-state index in [-0.39, 0.29) is 0 Å². The number of rotatable bonds is 3. The van der Waals surface area contributed by atoms with E-state index in [1.54, 1.807) is 6.07 Å². The Bertz CT molecular complexity index is 345. The van der Waals surface area contributed by atoms with Gasteiger partial charge in [-0.15, -0.1) is 11.6 Å². The fraction of sp³-hybridized carbons (Fsp3) is 0.273. The fourth-order valence-electron chi connectivity index (χ4n) is 1.13. The Balaban J connectivity index is 2.91. The van der Waals surface area contributed by atoms with Crippen molar-refractivity contribution in [1.29, 1.82) is 0 Å². The third-order valence-corrected chi connectivity index (χ3v) is 2.15. The molecular weight excluding hydrogens is 206 g/mol. The van der Waals surface area contributed by atoms with Crippen LogP contribution in [0.4, 0.5) is 8.78 Å². The molecule has 0 spiro atoms. The largest absolute Gasteiger partial charge is 0.204 e. The Labute approximate surface area is 87.2 Å². The zero-order valence-corrected chi connectivity index (χ0v) is 8.61. The van der Waals surface area contributed by atoms with Crippen molar-refractivity contribution in [3.8, 4) is 0 Å². The molecule has 0 fully saturated rings. The van der Waals surface area contributed by atoms with Crippen molar-refractivity contribution in [2.24, 2.45) is 0 Å². The lowest BCUT2D eigenvalue weighted by atomic mass is 10.1. The second-order valence-corrected chi connectivity index (χ2v) is 3.37. The predicted octanol–water partition coefficient (Wildman–Crippen LogP) is 4.00. The molecule has 0 aliphatic carbocycles. The Morgan fingerprint density at radius 2 is 2.07 bits per heavy atom. The van der Waals surface area contributed by atoms with E-state index in [2.05, 4.69) is 0 Å². The molecule has 0 nitrogen and oxygen atoms in total. The minimum atomic E-state index is -0.820. The zero-order chi connectivity index (χ0) is 10.6. The second kappa shape index (κ2) is 5.11. The first-order chi connectivity index (χ1) is 6.65. The lowest BCUT2D eigenvalue weighted by molar-refractivity contribution is 0.508. The van der Waals surface area contributed by atoms with Crippen LogP contribution < -0.4 is 0 Å². The van der Waals surface area contributed by atoms with Gasteiger partial charge >= 0.3 is 0 Å². The zero-order valence-electron chi connectivity index (χ0n) is 7.86. The highest BCUT2D eigenvalue weighted by atomic mass is 35.5. The molecule has 1 aromatic carbocycles. The molecule has 0 aliphatic heterocycles. The third-order valence-electron chi connectivity index (χ3n) is 1.93. The van der Waals surface area contributed by atoms with E-state index in [9.17, 15) is 8.78 Å². The van der Waals surface area contributed by atoms with Gasteiger partial charge in [-0.05, 0) is 36.6 Å². The van der Waals surface area contributed by atoms with E-state index >= 15 is 0 Å². The number of benzene rings is 1. The van der Waals surface area contributed by atoms with E-state index in [0.29, 0.717) is 11.4 Å². The van der Waals surface area contributed by atoms with Gasteiger partial charge in [0, 0.05) is 5.88 Å². The van der Waals surface area contributed by atoms with Gasteiger partial charge in [-0.25, -0.2) is 8.78 Å². The van der Waals surface area contributed by atoms with Gasteiger partial charge < -0.3 is 0 Å². The normalized spacial score (nSPS) is 11.9. The van der Waals surface area contributed by atoms with E-state index in [4.69, 9.17) is 11.6 Å². The standard InChI is InChI=1S/C11H11ClF2/c1-8(3-2-6-12)9-4-5-10(13)11(14)7-9/h3-5,7H,2,6H2,1H3. The van der Waals surface area contributed by atoms with Crippen molar-refractivity contribution in [2.75, 3.05) is 5.88 Å². The van der Waals surface area contributed by atoms with Gasteiger partial charge in [0.05, 0.1) is 0 Å². The van der Waals surface area contributed by atoms with Crippen molar-refractivity contribution in [3.63, 3.8) is 0 Å². The van der Waals surface area contributed by atoms with Crippen LogP contribution in [0.5, 0.6) is 0 Å². The first kappa shape index (κ1) is 11.2. The molecule has 0 saturated heterocycles. The van der Waals surface area contributed by atoms with Crippen LogP contribution in [0.15, 0.2) is 24.3 Å². The van der Waals surface area contributed by atoms with Gasteiger partial charge in [0.2, 0.25) is 0 Å². The van der Waals surface area contributed by atoms with E-state index < -0.39 is 11.6 Å². The van der Waals surface area contributed by atoms with Crippen LogP contribution in [0.25, 0.3) is 5.57 Å². The lowest BCUT2D eigenvalue weighted by Gasteiger charge is -2.01. The summed E-state index contributed by atoms with van der Waals surface area (Å²) < 4.78 is 25.4. The molecule has 0 saturated carbocycles. The van der Waals surface area contributed by atoms with Crippen molar-refractivity contribution >= 4 is 17.2 Å². The molecule has 1 rings (SSSR count). The predicted molar refractivity (Wildman–Crippen MR) is 55.3 cm³/mol. The molecule has 0 heterocycles. The summed E-state index contributed by atoms with van der Waals surface area (Å²) >= 11 is 5.51.